The number of hydrogen-bond acceptors (Lipinski definition) is 4. The molecule has 2 atom stereocenters. The van der Waals surface area contributed by atoms with Gasteiger partial charge >= 0.3 is 0 Å². The molecule has 1 aliphatic rings. The van der Waals surface area contributed by atoms with E-state index < -0.39 is 0 Å². The van der Waals surface area contributed by atoms with Gasteiger partial charge in [0.15, 0.2) is 12.9 Å². The molecule has 1 aliphatic carbocycles. The number of amides is 1. The Hall–Kier alpha value is -2.04. The smallest absolute Gasteiger partial charge is 0.258 e. The van der Waals surface area contributed by atoms with Crippen molar-refractivity contribution in [1.82, 2.24) is 5.32 Å². The number of rotatable bonds is 6. The number of ether oxygens (including phenoxy) is 2. The van der Waals surface area contributed by atoms with Crippen LogP contribution in [-0.4, -0.2) is 32.0 Å². The zero-order chi connectivity index (χ0) is 15.9. The fourth-order valence-electron chi connectivity index (χ4n) is 2.80. The molecule has 22 heavy (non-hydrogen) atoms. The summed E-state index contributed by atoms with van der Waals surface area (Å²) in [7, 11) is 1.53. The largest absolute Gasteiger partial charge is 0.497 e. The number of carbonyl (C=O) groups excluding carboxylic acids is 2. The zero-order valence-corrected chi connectivity index (χ0v) is 13.1. The molecule has 1 amide bonds. The van der Waals surface area contributed by atoms with Gasteiger partial charge in [0.1, 0.15) is 11.5 Å². The van der Waals surface area contributed by atoms with E-state index in [1.165, 1.54) is 13.5 Å². The van der Waals surface area contributed by atoms with Crippen LogP contribution in [0.25, 0.3) is 0 Å². The van der Waals surface area contributed by atoms with Gasteiger partial charge in [-0.2, -0.15) is 0 Å². The predicted octanol–water partition coefficient (Wildman–Crippen LogP) is 2.58. The lowest BCUT2D eigenvalue weighted by atomic mass is 9.86. The van der Waals surface area contributed by atoms with Gasteiger partial charge < -0.3 is 14.8 Å². The molecule has 2 rings (SSSR count). The molecule has 1 aromatic carbocycles. The van der Waals surface area contributed by atoms with Crippen LogP contribution >= 0.6 is 0 Å². The predicted molar refractivity (Wildman–Crippen MR) is 83.4 cm³/mol. The Morgan fingerprint density at radius 3 is 2.82 bits per heavy atom. The lowest BCUT2D eigenvalue weighted by molar-refractivity contribution is -0.124. The van der Waals surface area contributed by atoms with Crippen molar-refractivity contribution in [2.24, 2.45) is 5.92 Å². The van der Waals surface area contributed by atoms with Crippen molar-refractivity contribution in [3.05, 3.63) is 23.8 Å². The van der Waals surface area contributed by atoms with Crippen molar-refractivity contribution < 1.29 is 19.1 Å². The maximum absolute atomic E-state index is 12.0. The Balaban J connectivity index is 1.89. The summed E-state index contributed by atoms with van der Waals surface area (Å²) < 4.78 is 10.5. The molecule has 2 unspecified atom stereocenters. The molecule has 1 saturated carbocycles. The standard InChI is InChI=1S/C17H23NO4/c1-12-5-3-4-6-15(12)18-17(20)11-22-16-8-7-14(21-2)9-13(16)10-19/h7-10,12,15H,3-6,11H2,1-2H3,(H,18,20). The average Bonchev–Trinajstić information content (AvgIpc) is 2.55. The normalized spacial score (nSPS) is 21.0. The highest BCUT2D eigenvalue weighted by Gasteiger charge is 2.22. The van der Waals surface area contributed by atoms with Crippen molar-refractivity contribution in [3.8, 4) is 11.5 Å². The molecule has 0 radical (unpaired) electrons. The van der Waals surface area contributed by atoms with Gasteiger partial charge in [-0.1, -0.05) is 19.8 Å². The Morgan fingerprint density at radius 1 is 1.36 bits per heavy atom. The molecule has 120 valence electrons. The van der Waals surface area contributed by atoms with Crippen LogP contribution in [-0.2, 0) is 4.79 Å². The first-order chi connectivity index (χ1) is 10.6. The Labute approximate surface area is 131 Å². The summed E-state index contributed by atoms with van der Waals surface area (Å²) in [4.78, 5) is 23.1. The van der Waals surface area contributed by atoms with E-state index >= 15 is 0 Å². The minimum atomic E-state index is -0.147. The third-order valence-corrected chi connectivity index (χ3v) is 4.16. The fourth-order valence-corrected chi connectivity index (χ4v) is 2.80. The van der Waals surface area contributed by atoms with Gasteiger partial charge in [0.05, 0.1) is 12.7 Å². The number of nitrogens with one attached hydrogen (secondary N) is 1. The first-order valence-corrected chi connectivity index (χ1v) is 7.69. The van der Waals surface area contributed by atoms with Gasteiger partial charge in [0.2, 0.25) is 0 Å². The van der Waals surface area contributed by atoms with Crippen molar-refractivity contribution in [1.29, 1.82) is 0 Å². The summed E-state index contributed by atoms with van der Waals surface area (Å²) in [5.41, 5.74) is 0.373. The highest BCUT2D eigenvalue weighted by Crippen LogP contribution is 2.24. The highest BCUT2D eigenvalue weighted by atomic mass is 16.5. The first kappa shape index (κ1) is 16.3. The van der Waals surface area contributed by atoms with Crippen molar-refractivity contribution in [3.63, 3.8) is 0 Å². The van der Waals surface area contributed by atoms with Gasteiger partial charge in [-0.25, -0.2) is 0 Å². The molecule has 1 N–H and O–H groups in total. The van der Waals surface area contributed by atoms with Crippen molar-refractivity contribution in [2.75, 3.05) is 13.7 Å². The number of aldehydes is 1. The Kier molecular flexibility index (Phi) is 5.81. The first-order valence-electron chi connectivity index (χ1n) is 7.69. The van der Waals surface area contributed by atoms with E-state index in [4.69, 9.17) is 9.47 Å². The summed E-state index contributed by atoms with van der Waals surface area (Å²) in [6.45, 7) is 2.08. The van der Waals surface area contributed by atoms with Gasteiger partial charge in [0.25, 0.3) is 5.91 Å². The summed E-state index contributed by atoms with van der Waals surface area (Å²) in [6.07, 6.45) is 5.26. The summed E-state index contributed by atoms with van der Waals surface area (Å²) >= 11 is 0. The second-order valence-corrected chi connectivity index (χ2v) is 5.75. The topological polar surface area (TPSA) is 64.6 Å². The molecule has 0 heterocycles. The van der Waals surface area contributed by atoms with E-state index in [9.17, 15) is 9.59 Å². The highest BCUT2D eigenvalue weighted by molar-refractivity contribution is 5.81. The van der Waals surface area contributed by atoms with Crippen molar-refractivity contribution >= 4 is 12.2 Å². The van der Waals surface area contributed by atoms with Crippen LogP contribution in [0.2, 0.25) is 0 Å². The number of benzene rings is 1. The summed E-state index contributed by atoms with van der Waals surface area (Å²) in [5.74, 6) is 1.33. The Morgan fingerprint density at radius 2 is 2.14 bits per heavy atom. The Bertz CT molecular complexity index is 529. The number of methoxy groups -OCH3 is 1. The molecule has 0 aliphatic heterocycles. The molecule has 5 heteroatoms. The molecule has 1 aromatic rings. The van der Waals surface area contributed by atoms with E-state index in [-0.39, 0.29) is 18.6 Å². The maximum atomic E-state index is 12.0. The van der Waals surface area contributed by atoms with E-state index in [2.05, 4.69) is 12.2 Å². The molecule has 0 aromatic heterocycles. The minimum Gasteiger partial charge on any atom is -0.497 e. The van der Waals surface area contributed by atoms with Gasteiger partial charge in [-0.3, -0.25) is 9.59 Å². The van der Waals surface area contributed by atoms with Crippen LogP contribution < -0.4 is 14.8 Å². The van der Waals surface area contributed by atoms with Crippen LogP contribution in [0, 0.1) is 5.92 Å². The third kappa shape index (κ3) is 4.23. The summed E-state index contributed by atoms with van der Waals surface area (Å²) in [5, 5.41) is 3.02. The van der Waals surface area contributed by atoms with E-state index in [1.807, 2.05) is 0 Å². The van der Waals surface area contributed by atoms with Crippen LogP contribution in [0.3, 0.4) is 0 Å². The molecule has 0 bridgehead atoms. The molecule has 0 saturated heterocycles. The second-order valence-electron chi connectivity index (χ2n) is 5.75. The van der Waals surface area contributed by atoms with E-state index in [1.54, 1.807) is 18.2 Å². The molecular weight excluding hydrogens is 282 g/mol. The van der Waals surface area contributed by atoms with Gasteiger partial charge in [-0.15, -0.1) is 0 Å². The van der Waals surface area contributed by atoms with Crippen LogP contribution in [0.4, 0.5) is 0 Å². The molecule has 1 fully saturated rings. The molecular formula is C17H23NO4. The van der Waals surface area contributed by atoms with Crippen LogP contribution in [0.5, 0.6) is 11.5 Å². The van der Waals surface area contributed by atoms with Crippen LogP contribution in [0.1, 0.15) is 43.0 Å². The minimum absolute atomic E-state index is 0.0869. The van der Waals surface area contributed by atoms with Gasteiger partial charge in [-0.05, 0) is 37.0 Å². The molecule has 5 nitrogen and oxygen atoms in total. The van der Waals surface area contributed by atoms with Gasteiger partial charge in [0, 0.05) is 6.04 Å². The second kappa shape index (κ2) is 7.82. The lowest BCUT2D eigenvalue weighted by Gasteiger charge is -2.29. The number of hydrogen-bond donors (Lipinski definition) is 1. The summed E-state index contributed by atoms with van der Waals surface area (Å²) in [6, 6.07) is 5.15. The lowest BCUT2D eigenvalue weighted by Crippen LogP contribution is -2.43. The SMILES string of the molecule is COc1ccc(OCC(=O)NC2CCCCC2C)c(C=O)c1. The maximum Gasteiger partial charge on any atom is 0.258 e. The van der Waals surface area contributed by atoms with Crippen molar-refractivity contribution in [2.45, 2.75) is 38.6 Å². The van der Waals surface area contributed by atoms with Crippen LogP contribution in [0.15, 0.2) is 18.2 Å². The quantitative estimate of drug-likeness (QED) is 0.820. The van der Waals surface area contributed by atoms with E-state index in [0.717, 1.165) is 19.3 Å². The third-order valence-electron chi connectivity index (χ3n) is 4.16. The molecule has 0 spiro atoms. The monoisotopic (exact) mass is 305 g/mol. The fraction of sp³-hybridized carbons (Fsp3) is 0.529. The number of carbonyl (C=O) groups is 2. The average molecular weight is 305 g/mol. The zero-order valence-electron chi connectivity index (χ0n) is 13.1. The van der Waals surface area contributed by atoms with E-state index in [0.29, 0.717) is 29.3 Å².